The first-order valence-corrected chi connectivity index (χ1v) is 7.79. The number of carbonyl (C=O) groups is 1. The molecule has 5 nitrogen and oxygen atoms in total. The van der Waals surface area contributed by atoms with Gasteiger partial charge in [-0.25, -0.2) is 4.68 Å². The van der Waals surface area contributed by atoms with Gasteiger partial charge in [0.1, 0.15) is 6.04 Å². The molecule has 110 valence electrons. The van der Waals surface area contributed by atoms with Crippen LogP contribution in [0.1, 0.15) is 30.6 Å². The number of benzene rings is 1. The predicted molar refractivity (Wildman–Crippen MR) is 85.7 cm³/mol. The molecule has 0 radical (unpaired) electrons. The van der Waals surface area contributed by atoms with Crippen molar-refractivity contribution < 1.29 is 4.79 Å². The van der Waals surface area contributed by atoms with Gasteiger partial charge in [0.2, 0.25) is 5.91 Å². The monoisotopic (exact) mass is 348 g/mol. The maximum atomic E-state index is 12.1. The van der Waals surface area contributed by atoms with Gasteiger partial charge in [0.15, 0.2) is 0 Å². The number of nitrogens with zero attached hydrogens (tertiary/aromatic N) is 2. The highest BCUT2D eigenvalue weighted by molar-refractivity contribution is 9.10. The molecule has 6 heteroatoms. The molecule has 21 heavy (non-hydrogen) atoms. The summed E-state index contributed by atoms with van der Waals surface area (Å²) in [4.78, 5) is 12.1. The Morgan fingerprint density at radius 3 is 2.95 bits per heavy atom. The van der Waals surface area contributed by atoms with E-state index in [0.29, 0.717) is 0 Å². The molecule has 1 amide bonds. The first-order chi connectivity index (χ1) is 10.1. The van der Waals surface area contributed by atoms with Crippen molar-refractivity contribution in [3.05, 3.63) is 40.1 Å². The molecular weight excluding hydrogens is 332 g/mol. The lowest BCUT2D eigenvalue weighted by atomic mass is 10.1. The van der Waals surface area contributed by atoms with Gasteiger partial charge in [-0.15, -0.1) is 0 Å². The van der Waals surface area contributed by atoms with E-state index in [4.69, 9.17) is 0 Å². The van der Waals surface area contributed by atoms with E-state index in [1.54, 1.807) is 4.68 Å². The molecule has 1 unspecified atom stereocenters. The molecular formula is C15H17BrN4O. The van der Waals surface area contributed by atoms with E-state index in [1.807, 2.05) is 31.3 Å². The van der Waals surface area contributed by atoms with Gasteiger partial charge in [-0.2, -0.15) is 5.10 Å². The molecule has 2 aromatic rings. The number of rotatable bonds is 4. The number of hydrogen-bond acceptors (Lipinski definition) is 3. The molecule has 0 saturated heterocycles. The highest BCUT2D eigenvalue weighted by Gasteiger charge is 2.31. The molecule has 1 aromatic heterocycles. The Hall–Kier alpha value is -1.66. The number of hydrogen-bond donors (Lipinski definition) is 2. The number of nitrogens with one attached hydrogen (secondary N) is 2. The fourth-order valence-corrected chi connectivity index (χ4v) is 3.03. The Morgan fingerprint density at radius 2 is 2.29 bits per heavy atom. The van der Waals surface area contributed by atoms with Gasteiger partial charge in [-0.1, -0.05) is 6.92 Å². The lowest BCUT2D eigenvalue weighted by molar-refractivity contribution is -0.117. The van der Waals surface area contributed by atoms with Crippen LogP contribution in [0.5, 0.6) is 0 Å². The second-order valence-corrected chi connectivity index (χ2v) is 6.02. The second kappa shape index (κ2) is 5.61. The highest BCUT2D eigenvalue weighted by Crippen LogP contribution is 2.36. The SMILES string of the molecule is CCCNC1C(=O)Nc2cc(-n3ccc(C)n3)c(Br)cc21. The van der Waals surface area contributed by atoms with Gasteiger partial charge in [0.05, 0.1) is 11.4 Å². The zero-order valence-electron chi connectivity index (χ0n) is 12.0. The summed E-state index contributed by atoms with van der Waals surface area (Å²) in [6, 6.07) is 5.62. The maximum Gasteiger partial charge on any atom is 0.246 e. The number of halogens is 1. The summed E-state index contributed by atoms with van der Waals surface area (Å²) in [6.45, 7) is 4.85. The molecule has 0 aliphatic carbocycles. The first-order valence-electron chi connectivity index (χ1n) is 7.00. The van der Waals surface area contributed by atoms with Gasteiger partial charge >= 0.3 is 0 Å². The molecule has 0 fully saturated rings. The Bertz CT molecular complexity index is 695. The Morgan fingerprint density at radius 1 is 1.48 bits per heavy atom. The van der Waals surface area contributed by atoms with E-state index in [1.165, 1.54) is 0 Å². The van der Waals surface area contributed by atoms with Crippen LogP contribution in [-0.4, -0.2) is 22.2 Å². The normalized spacial score (nSPS) is 16.9. The van der Waals surface area contributed by atoms with Gasteiger partial charge in [-0.05, 0) is 54.0 Å². The number of aryl methyl sites for hydroxylation is 1. The largest absolute Gasteiger partial charge is 0.324 e. The molecule has 0 spiro atoms. The van der Waals surface area contributed by atoms with E-state index in [-0.39, 0.29) is 11.9 Å². The van der Waals surface area contributed by atoms with E-state index in [2.05, 4.69) is 38.6 Å². The quantitative estimate of drug-likeness (QED) is 0.892. The Kier molecular flexibility index (Phi) is 3.82. The topological polar surface area (TPSA) is 59.0 Å². The minimum atomic E-state index is -0.273. The highest BCUT2D eigenvalue weighted by atomic mass is 79.9. The van der Waals surface area contributed by atoms with Gasteiger partial charge < -0.3 is 10.6 Å². The third kappa shape index (κ3) is 2.61. The Balaban J connectivity index is 1.99. The van der Waals surface area contributed by atoms with Crippen molar-refractivity contribution in [2.45, 2.75) is 26.3 Å². The van der Waals surface area contributed by atoms with Crippen molar-refractivity contribution in [3.63, 3.8) is 0 Å². The average molecular weight is 349 g/mol. The van der Waals surface area contributed by atoms with Crippen molar-refractivity contribution in [3.8, 4) is 5.69 Å². The molecule has 0 bridgehead atoms. The van der Waals surface area contributed by atoms with Gasteiger partial charge in [0, 0.05) is 21.9 Å². The van der Waals surface area contributed by atoms with Crippen LogP contribution in [0.3, 0.4) is 0 Å². The lowest BCUT2D eigenvalue weighted by Crippen LogP contribution is -2.28. The number of fused-ring (bicyclic) bond motifs is 1. The zero-order valence-corrected chi connectivity index (χ0v) is 13.6. The molecule has 1 aliphatic heterocycles. The van der Waals surface area contributed by atoms with Crippen molar-refractivity contribution in [1.82, 2.24) is 15.1 Å². The van der Waals surface area contributed by atoms with Crippen molar-refractivity contribution in [1.29, 1.82) is 0 Å². The van der Waals surface area contributed by atoms with Gasteiger partial charge in [0.25, 0.3) is 0 Å². The molecule has 1 atom stereocenters. The fraction of sp³-hybridized carbons (Fsp3) is 0.333. The predicted octanol–water partition coefficient (Wildman–Crippen LogP) is 2.94. The fourth-order valence-electron chi connectivity index (χ4n) is 2.49. The smallest absolute Gasteiger partial charge is 0.246 e. The van der Waals surface area contributed by atoms with E-state index >= 15 is 0 Å². The maximum absolute atomic E-state index is 12.1. The average Bonchev–Trinajstić information content (AvgIpc) is 2.99. The molecule has 1 aliphatic rings. The summed E-state index contributed by atoms with van der Waals surface area (Å²) in [6.07, 6.45) is 2.90. The number of carbonyl (C=O) groups excluding carboxylic acids is 1. The van der Waals surface area contributed by atoms with Crippen LogP contribution in [0.15, 0.2) is 28.9 Å². The van der Waals surface area contributed by atoms with Crippen molar-refractivity contribution >= 4 is 27.5 Å². The van der Waals surface area contributed by atoms with Crippen LogP contribution in [0.2, 0.25) is 0 Å². The molecule has 3 rings (SSSR count). The van der Waals surface area contributed by atoms with Gasteiger partial charge in [-0.3, -0.25) is 4.79 Å². The number of aromatic nitrogens is 2. The summed E-state index contributed by atoms with van der Waals surface area (Å²) < 4.78 is 2.72. The first kappa shape index (κ1) is 14.3. The van der Waals surface area contributed by atoms with E-state index in [0.717, 1.165) is 40.1 Å². The summed E-state index contributed by atoms with van der Waals surface area (Å²) in [5.41, 5.74) is 3.69. The third-order valence-corrected chi connectivity index (χ3v) is 4.15. The standard InChI is InChI=1S/C15H17BrN4O/c1-3-5-17-14-10-7-11(16)13(8-12(10)18-15(14)21)20-6-4-9(2)19-20/h4,6-8,14,17H,3,5H2,1-2H3,(H,18,21). The summed E-state index contributed by atoms with van der Waals surface area (Å²) in [7, 11) is 0. The minimum absolute atomic E-state index is 0.000791. The molecule has 0 saturated carbocycles. The van der Waals surface area contributed by atoms with Crippen LogP contribution < -0.4 is 10.6 Å². The summed E-state index contributed by atoms with van der Waals surface area (Å²) >= 11 is 3.58. The minimum Gasteiger partial charge on any atom is -0.324 e. The molecule has 2 heterocycles. The van der Waals surface area contributed by atoms with E-state index in [9.17, 15) is 4.79 Å². The number of amides is 1. The zero-order chi connectivity index (χ0) is 15.0. The van der Waals surface area contributed by atoms with Crippen molar-refractivity contribution in [2.75, 3.05) is 11.9 Å². The van der Waals surface area contributed by atoms with Crippen LogP contribution in [0.4, 0.5) is 5.69 Å². The summed E-state index contributed by atoms with van der Waals surface area (Å²) in [5, 5.41) is 10.6. The van der Waals surface area contributed by atoms with Crippen LogP contribution >= 0.6 is 15.9 Å². The lowest BCUT2D eigenvalue weighted by Gasteiger charge is -2.12. The summed E-state index contributed by atoms with van der Waals surface area (Å²) in [5.74, 6) is -0.000791. The second-order valence-electron chi connectivity index (χ2n) is 5.17. The third-order valence-electron chi connectivity index (χ3n) is 3.52. The van der Waals surface area contributed by atoms with E-state index < -0.39 is 0 Å². The van der Waals surface area contributed by atoms with Crippen LogP contribution in [-0.2, 0) is 4.79 Å². The van der Waals surface area contributed by atoms with Crippen LogP contribution in [0, 0.1) is 6.92 Å². The molecule has 1 aromatic carbocycles. The van der Waals surface area contributed by atoms with Crippen LogP contribution in [0.25, 0.3) is 5.69 Å². The molecule has 2 N–H and O–H groups in total. The van der Waals surface area contributed by atoms with Crippen molar-refractivity contribution in [2.24, 2.45) is 0 Å². The Labute approximate surface area is 131 Å². The number of anilines is 1.